The van der Waals surface area contributed by atoms with Crippen LogP contribution in [0.3, 0.4) is 0 Å². The molecule has 0 aromatic rings. The summed E-state index contributed by atoms with van der Waals surface area (Å²) in [6, 6.07) is 0. The van der Waals surface area contributed by atoms with E-state index in [-0.39, 0.29) is 28.9 Å². The maximum Gasteiger partial charge on any atom is 0.332 e. The lowest BCUT2D eigenvalue weighted by atomic mass is 9.80. The zero-order valence-corrected chi connectivity index (χ0v) is 8.72. The van der Waals surface area contributed by atoms with Crippen LogP contribution in [0.1, 0.15) is 19.3 Å². The first-order valence-electron chi connectivity index (χ1n) is 4.25. The van der Waals surface area contributed by atoms with Gasteiger partial charge in [-0.15, -0.1) is 0 Å². The van der Waals surface area contributed by atoms with Crippen LogP contribution >= 0.6 is 0 Å². The zero-order chi connectivity index (χ0) is 9.64. The first kappa shape index (κ1) is 11.3. The Bertz CT molecular complexity index is 323. The topological polar surface area (TPSA) is 74.6 Å². The Morgan fingerprint density at radius 3 is 2.43 bits per heavy atom. The van der Waals surface area contributed by atoms with Gasteiger partial charge in [0.1, 0.15) is 5.41 Å². The lowest BCUT2D eigenvalue weighted by molar-refractivity contribution is -0.149. The monoisotopic (exact) mass is 209 g/mol. The zero-order valence-electron chi connectivity index (χ0n) is 7.56. The number of hydrogen-bond acceptors (Lipinski definition) is 2. The van der Waals surface area contributed by atoms with Crippen LogP contribution in [0.2, 0.25) is 0 Å². The summed E-state index contributed by atoms with van der Waals surface area (Å²) >= 11 is 0. The van der Waals surface area contributed by atoms with E-state index in [9.17, 15) is 9.59 Å². The molecule has 0 aromatic carbocycles. The molecule has 2 aliphatic carbocycles. The molecule has 2 N–H and O–H groups in total. The van der Waals surface area contributed by atoms with Crippen molar-refractivity contribution in [1.82, 2.24) is 0 Å². The first-order valence-corrected chi connectivity index (χ1v) is 4.25. The van der Waals surface area contributed by atoms with Crippen molar-refractivity contribution >= 4 is 29.3 Å². The highest BCUT2D eigenvalue weighted by atomic mass is 27.0. The number of rotatable bonds is 2. The second-order valence-electron chi connectivity index (χ2n) is 3.78. The van der Waals surface area contributed by atoms with Crippen LogP contribution in [0.15, 0.2) is 11.6 Å². The van der Waals surface area contributed by atoms with Gasteiger partial charge in [-0.3, -0.25) is 4.79 Å². The molecule has 1 fully saturated rings. The van der Waals surface area contributed by atoms with Crippen molar-refractivity contribution in [3.05, 3.63) is 11.6 Å². The average Bonchev–Trinajstić information content (AvgIpc) is 2.60. The summed E-state index contributed by atoms with van der Waals surface area (Å²) in [7, 11) is 0. The number of hydrogen-bond donors (Lipinski definition) is 2. The van der Waals surface area contributed by atoms with Crippen LogP contribution in [-0.2, 0) is 9.59 Å². The molecule has 0 spiro atoms. The SMILES string of the molecule is O=C(O)C1=CC2CCC1(C(=O)O)C2.[Al]. The van der Waals surface area contributed by atoms with Gasteiger partial charge >= 0.3 is 11.9 Å². The third-order valence-electron chi connectivity index (χ3n) is 3.11. The second kappa shape index (κ2) is 3.41. The summed E-state index contributed by atoms with van der Waals surface area (Å²) in [4.78, 5) is 21.8. The van der Waals surface area contributed by atoms with Crippen molar-refractivity contribution < 1.29 is 19.8 Å². The summed E-state index contributed by atoms with van der Waals surface area (Å²) in [5, 5.41) is 17.8. The number of carbonyl (C=O) groups is 2. The highest BCUT2D eigenvalue weighted by molar-refractivity contribution is 5.98. The quantitative estimate of drug-likeness (QED) is 0.649. The minimum Gasteiger partial charge on any atom is -0.481 e. The summed E-state index contributed by atoms with van der Waals surface area (Å²) < 4.78 is 0. The molecule has 73 valence electrons. The highest BCUT2D eigenvalue weighted by Crippen LogP contribution is 2.53. The van der Waals surface area contributed by atoms with Gasteiger partial charge in [-0.25, -0.2) is 4.79 Å². The van der Waals surface area contributed by atoms with Crippen LogP contribution in [-0.4, -0.2) is 39.5 Å². The van der Waals surface area contributed by atoms with Crippen LogP contribution < -0.4 is 0 Å². The summed E-state index contributed by atoms with van der Waals surface area (Å²) in [6.45, 7) is 0. The second-order valence-corrected chi connectivity index (χ2v) is 3.78. The van der Waals surface area contributed by atoms with Crippen LogP contribution in [0.5, 0.6) is 0 Å². The Labute approximate surface area is 91.7 Å². The molecule has 2 bridgehead atoms. The van der Waals surface area contributed by atoms with Crippen molar-refractivity contribution in [1.29, 1.82) is 0 Å². The molecule has 4 nitrogen and oxygen atoms in total. The number of allylic oxidation sites excluding steroid dienone is 1. The number of aliphatic carboxylic acids is 2. The normalized spacial score (nSPS) is 33.4. The molecule has 0 saturated heterocycles. The van der Waals surface area contributed by atoms with E-state index in [2.05, 4.69) is 0 Å². The van der Waals surface area contributed by atoms with E-state index >= 15 is 0 Å². The standard InChI is InChI=1S/C9H10O4.Al/c10-7(11)6-3-5-1-2-9(6,4-5)8(12)13;/h3,5H,1-2,4H2,(H,10,11)(H,12,13);. The molecule has 2 unspecified atom stereocenters. The van der Waals surface area contributed by atoms with Gasteiger partial charge in [0.2, 0.25) is 0 Å². The molecule has 2 aliphatic rings. The maximum absolute atomic E-state index is 11.0. The molecule has 1 saturated carbocycles. The molecule has 3 radical (unpaired) electrons. The molecule has 0 aromatic heterocycles. The van der Waals surface area contributed by atoms with Crippen LogP contribution in [0, 0.1) is 11.3 Å². The van der Waals surface area contributed by atoms with Gasteiger partial charge in [0.05, 0.1) is 5.57 Å². The fourth-order valence-electron chi connectivity index (χ4n) is 2.45. The fourth-order valence-corrected chi connectivity index (χ4v) is 2.45. The molecule has 0 heterocycles. The third-order valence-corrected chi connectivity index (χ3v) is 3.11. The van der Waals surface area contributed by atoms with Crippen molar-refractivity contribution in [2.24, 2.45) is 11.3 Å². The lowest BCUT2D eigenvalue weighted by Crippen LogP contribution is -2.32. The van der Waals surface area contributed by atoms with E-state index in [1.807, 2.05) is 0 Å². The molecule has 2 atom stereocenters. The van der Waals surface area contributed by atoms with Gasteiger partial charge in [-0.2, -0.15) is 0 Å². The molecule has 14 heavy (non-hydrogen) atoms. The minimum absolute atomic E-state index is 0. The predicted octanol–water partition coefficient (Wildman–Crippen LogP) is 0.501. The Morgan fingerprint density at radius 2 is 2.07 bits per heavy atom. The largest absolute Gasteiger partial charge is 0.481 e. The first-order chi connectivity index (χ1) is 6.06. The number of fused-ring (bicyclic) bond motifs is 2. The van der Waals surface area contributed by atoms with E-state index in [0.717, 1.165) is 6.42 Å². The molecule has 0 amide bonds. The number of carboxylic acids is 2. The fraction of sp³-hybridized carbons (Fsp3) is 0.556. The van der Waals surface area contributed by atoms with Crippen LogP contribution in [0.4, 0.5) is 0 Å². The smallest absolute Gasteiger partial charge is 0.332 e. The Balaban J connectivity index is 0.000000980. The van der Waals surface area contributed by atoms with E-state index in [0.29, 0.717) is 12.8 Å². The molecule has 5 heteroatoms. The van der Waals surface area contributed by atoms with E-state index in [4.69, 9.17) is 10.2 Å². The van der Waals surface area contributed by atoms with Gasteiger partial charge in [-0.1, -0.05) is 6.08 Å². The molecule has 0 aliphatic heterocycles. The van der Waals surface area contributed by atoms with Crippen molar-refractivity contribution in [3.8, 4) is 0 Å². The van der Waals surface area contributed by atoms with Gasteiger partial charge in [0, 0.05) is 17.4 Å². The maximum atomic E-state index is 11.0. The van der Waals surface area contributed by atoms with Crippen molar-refractivity contribution in [2.45, 2.75) is 19.3 Å². The van der Waals surface area contributed by atoms with E-state index < -0.39 is 17.4 Å². The lowest BCUT2D eigenvalue weighted by Gasteiger charge is -2.21. The molecular weight excluding hydrogens is 199 g/mol. The van der Waals surface area contributed by atoms with E-state index in [1.165, 1.54) is 0 Å². The van der Waals surface area contributed by atoms with E-state index in [1.54, 1.807) is 6.08 Å². The van der Waals surface area contributed by atoms with Gasteiger partial charge in [-0.05, 0) is 25.2 Å². The minimum atomic E-state index is -1.08. The van der Waals surface area contributed by atoms with Crippen molar-refractivity contribution in [2.75, 3.05) is 0 Å². The summed E-state index contributed by atoms with van der Waals surface area (Å²) in [6.07, 6.45) is 3.37. The van der Waals surface area contributed by atoms with Gasteiger partial charge < -0.3 is 10.2 Å². The average molecular weight is 209 g/mol. The van der Waals surface area contributed by atoms with Gasteiger partial charge in [0.15, 0.2) is 0 Å². The van der Waals surface area contributed by atoms with Crippen LogP contribution in [0.25, 0.3) is 0 Å². The summed E-state index contributed by atoms with van der Waals surface area (Å²) in [5.41, 5.74) is -0.979. The third kappa shape index (κ3) is 1.28. The predicted molar refractivity (Wildman–Crippen MR) is 48.9 cm³/mol. The molecule has 2 rings (SSSR count). The highest BCUT2D eigenvalue weighted by Gasteiger charge is 2.54. The Hall–Kier alpha value is -0.788. The summed E-state index contributed by atoms with van der Waals surface area (Å²) in [5.74, 6) is -1.90. The molecular formula is C9H10AlO4. The Morgan fingerprint density at radius 1 is 1.43 bits per heavy atom. The number of carboxylic acid groups (broad SMARTS) is 2. The van der Waals surface area contributed by atoms with Crippen molar-refractivity contribution in [3.63, 3.8) is 0 Å². The Kier molecular flexibility index (Phi) is 2.75. The van der Waals surface area contributed by atoms with Gasteiger partial charge in [0.25, 0.3) is 0 Å².